The summed E-state index contributed by atoms with van der Waals surface area (Å²) in [5.41, 5.74) is 0. The minimum Gasteiger partial charge on any atom is -0.469 e. The number of esters is 1. The molecular weight excluding hydrogens is 234 g/mol. The van der Waals surface area contributed by atoms with Crippen LogP contribution in [0, 0.1) is 5.92 Å². The molecule has 1 fully saturated rings. The van der Waals surface area contributed by atoms with Gasteiger partial charge in [-0.25, -0.2) is 13.6 Å². The van der Waals surface area contributed by atoms with E-state index in [2.05, 4.69) is 15.4 Å². The highest BCUT2D eigenvalue weighted by molar-refractivity contribution is 5.75. The lowest BCUT2D eigenvalue weighted by Crippen LogP contribution is -2.42. The second-order valence-corrected chi connectivity index (χ2v) is 3.98. The maximum absolute atomic E-state index is 11.8. The highest BCUT2D eigenvalue weighted by Gasteiger charge is 2.31. The Morgan fingerprint density at radius 2 is 2.12 bits per heavy atom. The van der Waals surface area contributed by atoms with Crippen LogP contribution < -0.4 is 10.6 Å². The molecule has 0 aromatic rings. The smallest absolute Gasteiger partial charge is 0.315 e. The van der Waals surface area contributed by atoms with Crippen molar-refractivity contribution in [3.05, 3.63) is 0 Å². The van der Waals surface area contributed by atoms with Crippen molar-refractivity contribution in [2.24, 2.45) is 5.92 Å². The van der Waals surface area contributed by atoms with E-state index in [1.807, 2.05) is 0 Å². The van der Waals surface area contributed by atoms with Gasteiger partial charge in [0.05, 0.1) is 19.6 Å². The van der Waals surface area contributed by atoms with E-state index in [1.54, 1.807) is 0 Å². The van der Waals surface area contributed by atoms with Crippen LogP contribution in [0.4, 0.5) is 13.6 Å². The minimum absolute atomic E-state index is 0.156. The zero-order chi connectivity index (χ0) is 12.8. The minimum atomic E-state index is -2.56. The van der Waals surface area contributed by atoms with Crippen LogP contribution in [0.5, 0.6) is 0 Å². The van der Waals surface area contributed by atoms with Crippen molar-refractivity contribution in [3.8, 4) is 0 Å². The molecular formula is C10H16F2N2O3. The van der Waals surface area contributed by atoms with E-state index in [4.69, 9.17) is 0 Å². The predicted octanol–water partition coefficient (Wildman–Crippen LogP) is 0.892. The van der Waals surface area contributed by atoms with Gasteiger partial charge < -0.3 is 15.4 Å². The van der Waals surface area contributed by atoms with Crippen molar-refractivity contribution in [3.63, 3.8) is 0 Å². The average Bonchev–Trinajstić information content (AvgIpc) is 2.73. The largest absolute Gasteiger partial charge is 0.469 e. The molecule has 2 atom stereocenters. The number of rotatable bonds is 4. The predicted molar refractivity (Wildman–Crippen MR) is 55.7 cm³/mol. The van der Waals surface area contributed by atoms with E-state index >= 15 is 0 Å². The molecule has 1 saturated carbocycles. The number of hydrogen-bond acceptors (Lipinski definition) is 3. The number of halogens is 2. The maximum atomic E-state index is 11.8. The summed E-state index contributed by atoms with van der Waals surface area (Å²) in [5, 5.41) is 4.60. The second kappa shape index (κ2) is 6.36. The van der Waals surface area contributed by atoms with Crippen LogP contribution >= 0.6 is 0 Å². The average molecular weight is 250 g/mol. The molecule has 0 saturated heterocycles. The monoisotopic (exact) mass is 250 g/mol. The molecule has 2 amide bonds. The van der Waals surface area contributed by atoms with Gasteiger partial charge in [-0.2, -0.15) is 0 Å². The van der Waals surface area contributed by atoms with E-state index in [0.29, 0.717) is 19.3 Å². The first-order chi connectivity index (χ1) is 8.02. The molecule has 0 aromatic carbocycles. The first-order valence-electron chi connectivity index (χ1n) is 5.43. The van der Waals surface area contributed by atoms with E-state index in [-0.39, 0.29) is 17.9 Å². The normalized spacial score (nSPS) is 23.5. The molecule has 17 heavy (non-hydrogen) atoms. The van der Waals surface area contributed by atoms with Gasteiger partial charge in [-0.15, -0.1) is 0 Å². The summed E-state index contributed by atoms with van der Waals surface area (Å²) >= 11 is 0. The Labute approximate surface area is 97.9 Å². The highest BCUT2D eigenvalue weighted by atomic mass is 19.3. The molecule has 2 N–H and O–H groups in total. The number of carbonyl (C=O) groups is 2. The Morgan fingerprint density at radius 1 is 1.41 bits per heavy atom. The lowest BCUT2D eigenvalue weighted by molar-refractivity contribution is -0.145. The summed E-state index contributed by atoms with van der Waals surface area (Å²) in [6, 6.07) is -0.780. The molecule has 0 bridgehead atoms. The van der Waals surface area contributed by atoms with Crippen LogP contribution in [0.3, 0.4) is 0 Å². The molecule has 1 aliphatic carbocycles. The number of ether oxygens (including phenoxy) is 1. The van der Waals surface area contributed by atoms with Crippen LogP contribution in [-0.4, -0.2) is 38.1 Å². The Balaban J connectivity index is 2.25. The third-order valence-electron chi connectivity index (χ3n) is 2.72. The lowest BCUT2D eigenvalue weighted by atomic mass is 10.1. The van der Waals surface area contributed by atoms with Crippen LogP contribution in [0.2, 0.25) is 0 Å². The number of carbonyl (C=O) groups excluding carboxylic acids is 2. The second-order valence-electron chi connectivity index (χ2n) is 3.98. The van der Waals surface area contributed by atoms with Crippen LogP contribution in [0.25, 0.3) is 0 Å². The molecule has 2 unspecified atom stereocenters. The summed E-state index contributed by atoms with van der Waals surface area (Å²) in [7, 11) is 1.32. The summed E-state index contributed by atoms with van der Waals surface area (Å²) in [6.07, 6.45) is -0.768. The van der Waals surface area contributed by atoms with Gasteiger partial charge in [-0.05, 0) is 19.3 Å². The van der Waals surface area contributed by atoms with Crippen molar-refractivity contribution in [1.82, 2.24) is 10.6 Å². The summed E-state index contributed by atoms with van der Waals surface area (Å²) in [6.45, 7) is -0.668. The van der Waals surface area contributed by atoms with Gasteiger partial charge in [0.25, 0.3) is 6.43 Å². The molecule has 1 aliphatic rings. The molecule has 98 valence electrons. The van der Waals surface area contributed by atoms with Gasteiger partial charge in [-0.1, -0.05) is 0 Å². The van der Waals surface area contributed by atoms with Crippen molar-refractivity contribution in [2.45, 2.75) is 31.7 Å². The number of methoxy groups -OCH3 is 1. The van der Waals surface area contributed by atoms with Crippen molar-refractivity contribution >= 4 is 12.0 Å². The summed E-state index contributed by atoms with van der Waals surface area (Å²) < 4.78 is 28.2. The number of amides is 2. The summed E-state index contributed by atoms with van der Waals surface area (Å²) in [5.74, 6) is -0.498. The van der Waals surface area contributed by atoms with Crippen molar-refractivity contribution in [1.29, 1.82) is 0 Å². The Hall–Kier alpha value is -1.40. The van der Waals surface area contributed by atoms with Gasteiger partial charge in [-0.3, -0.25) is 4.79 Å². The van der Waals surface area contributed by atoms with Gasteiger partial charge >= 0.3 is 12.0 Å². The van der Waals surface area contributed by atoms with Crippen LogP contribution in [0.1, 0.15) is 19.3 Å². The molecule has 1 rings (SSSR count). The van der Waals surface area contributed by atoms with Gasteiger partial charge in [0.1, 0.15) is 0 Å². The maximum Gasteiger partial charge on any atom is 0.315 e. The van der Waals surface area contributed by atoms with Gasteiger partial charge in [0.2, 0.25) is 0 Å². The standard InChI is InChI=1S/C10H16F2N2O3/c1-17-9(15)6-2-3-7(4-6)14-10(16)13-5-8(11)12/h6-8H,2-5H2,1H3,(H2,13,14,16). The molecule has 0 spiro atoms. The fourth-order valence-corrected chi connectivity index (χ4v) is 1.90. The quantitative estimate of drug-likeness (QED) is 0.728. The van der Waals surface area contributed by atoms with Crippen molar-refractivity contribution in [2.75, 3.05) is 13.7 Å². The molecule has 0 aliphatic heterocycles. The van der Waals surface area contributed by atoms with E-state index in [0.717, 1.165) is 0 Å². The zero-order valence-corrected chi connectivity index (χ0v) is 9.54. The highest BCUT2D eigenvalue weighted by Crippen LogP contribution is 2.26. The third-order valence-corrected chi connectivity index (χ3v) is 2.72. The zero-order valence-electron chi connectivity index (χ0n) is 9.54. The molecule has 7 heteroatoms. The Bertz CT molecular complexity index is 287. The molecule has 0 radical (unpaired) electrons. The molecule has 5 nitrogen and oxygen atoms in total. The molecule has 0 aromatic heterocycles. The Morgan fingerprint density at radius 3 is 2.71 bits per heavy atom. The number of urea groups is 1. The van der Waals surface area contributed by atoms with Crippen LogP contribution in [0.15, 0.2) is 0 Å². The van der Waals surface area contributed by atoms with Gasteiger partial charge in [0.15, 0.2) is 0 Å². The first-order valence-corrected chi connectivity index (χ1v) is 5.43. The summed E-state index contributed by atoms with van der Waals surface area (Å²) in [4.78, 5) is 22.4. The van der Waals surface area contributed by atoms with Crippen molar-refractivity contribution < 1.29 is 23.1 Å². The number of hydrogen-bond donors (Lipinski definition) is 2. The van der Waals surface area contributed by atoms with E-state index < -0.39 is 19.0 Å². The van der Waals surface area contributed by atoms with E-state index in [1.165, 1.54) is 7.11 Å². The fraction of sp³-hybridized carbons (Fsp3) is 0.800. The lowest BCUT2D eigenvalue weighted by Gasteiger charge is -2.13. The number of alkyl halides is 2. The third kappa shape index (κ3) is 4.54. The van der Waals surface area contributed by atoms with Crippen LogP contribution in [-0.2, 0) is 9.53 Å². The van der Waals surface area contributed by atoms with Gasteiger partial charge in [0, 0.05) is 6.04 Å². The topological polar surface area (TPSA) is 67.4 Å². The fourth-order valence-electron chi connectivity index (χ4n) is 1.90. The van der Waals surface area contributed by atoms with E-state index in [9.17, 15) is 18.4 Å². The molecule has 0 heterocycles. The first kappa shape index (κ1) is 13.7. The Kier molecular flexibility index (Phi) is 5.11. The SMILES string of the molecule is COC(=O)C1CCC(NC(=O)NCC(F)F)C1. The number of nitrogens with one attached hydrogen (secondary N) is 2.